The van der Waals surface area contributed by atoms with Gasteiger partial charge < -0.3 is 10.6 Å². The summed E-state index contributed by atoms with van der Waals surface area (Å²) in [4.78, 5) is 23.1. The highest BCUT2D eigenvalue weighted by Gasteiger charge is 2.33. The van der Waals surface area contributed by atoms with Crippen LogP contribution in [0.2, 0.25) is 0 Å². The van der Waals surface area contributed by atoms with Gasteiger partial charge in [0.1, 0.15) is 0 Å². The third-order valence-electron chi connectivity index (χ3n) is 4.13. The second-order valence-electron chi connectivity index (χ2n) is 5.37. The van der Waals surface area contributed by atoms with Crippen LogP contribution >= 0.6 is 11.8 Å². The molecule has 0 spiro atoms. The standard InChI is InChI=1S/C13H22N2O2S/c1-18-13(5-3-2-4-6-13)9-15-12(17)10-7-11(16)14-8-10/h10H,2-9H2,1H3,(H,14,16)(H,15,17). The lowest BCUT2D eigenvalue weighted by molar-refractivity contribution is -0.126. The predicted molar refractivity (Wildman–Crippen MR) is 73.5 cm³/mol. The van der Waals surface area contributed by atoms with E-state index < -0.39 is 0 Å². The summed E-state index contributed by atoms with van der Waals surface area (Å²) in [6.45, 7) is 1.24. The van der Waals surface area contributed by atoms with E-state index in [4.69, 9.17) is 0 Å². The Morgan fingerprint density at radius 3 is 2.72 bits per heavy atom. The molecule has 0 radical (unpaired) electrons. The topological polar surface area (TPSA) is 58.2 Å². The van der Waals surface area contributed by atoms with Crippen molar-refractivity contribution in [2.75, 3.05) is 19.3 Å². The number of carbonyl (C=O) groups is 2. The number of hydrogen-bond donors (Lipinski definition) is 2. The molecule has 2 aliphatic rings. The molecular weight excluding hydrogens is 248 g/mol. The number of rotatable bonds is 4. The van der Waals surface area contributed by atoms with Crippen molar-refractivity contribution in [3.8, 4) is 0 Å². The van der Waals surface area contributed by atoms with Gasteiger partial charge in [-0.25, -0.2) is 0 Å². The molecule has 1 saturated carbocycles. The van der Waals surface area contributed by atoms with Gasteiger partial charge in [-0.3, -0.25) is 9.59 Å². The summed E-state index contributed by atoms with van der Waals surface area (Å²) in [7, 11) is 0. The normalized spacial score (nSPS) is 26.7. The van der Waals surface area contributed by atoms with E-state index in [0.29, 0.717) is 13.0 Å². The van der Waals surface area contributed by atoms with Gasteiger partial charge in [-0.15, -0.1) is 0 Å². The molecule has 1 saturated heterocycles. The van der Waals surface area contributed by atoms with Gasteiger partial charge in [0.15, 0.2) is 0 Å². The highest BCUT2D eigenvalue weighted by molar-refractivity contribution is 8.00. The Morgan fingerprint density at radius 2 is 2.17 bits per heavy atom. The largest absolute Gasteiger partial charge is 0.355 e. The SMILES string of the molecule is CSC1(CNC(=O)C2CNC(=O)C2)CCCCC1. The van der Waals surface area contributed by atoms with Crippen LogP contribution in [-0.4, -0.2) is 35.9 Å². The first kappa shape index (κ1) is 13.7. The van der Waals surface area contributed by atoms with Crippen molar-refractivity contribution in [2.45, 2.75) is 43.3 Å². The van der Waals surface area contributed by atoms with Gasteiger partial charge in [0.2, 0.25) is 11.8 Å². The second kappa shape index (κ2) is 5.95. The molecule has 0 bridgehead atoms. The molecule has 1 aliphatic heterocycles. The van der Waals surface area contributed by atoms with Crippen molar-refractivity contribution >= 4 is 23.6 Å². The molecule has 1 unspecified atom stereocenters. The fourth-order valence-corrected chi connectivity index (χ4v) is 3.75. The maximum Gasteiger partial charge on any atom is 0.225 e. The van der Waals surface area contributed by atoms with Crippen LogP contribution < -0.4 is 10.6 Å². The van der Waals surface area contributed by atoms with E-state index >= 15 is 0 Å². The first-order valence-corrected chi connectivity index (χ1v) is 7.97. The lowest BCUT2D eigenvalue weighted by Crippen LogP contribution is -2.44. The van der Waals surface area contributed by atoms with Gasteiger partial charge in [-0.2, -0.15) is 11.8 Å². The molecular formula is C13H22N2O2S. The molecule has 102 valence electrons. The molecule has 18 heavy (non-hydrogen) atoms. The van der Waals surface area contributed by atoms with Crippen LogP contribution in [0.1, 0.15) is 38.5 Å². The zero-order valence-corrected chi connectivity index (χ0v) is 11.8. The highest BCUT2D eigenvalue weighted by Crippen LogP contribution is 2.38. The Bertz CT molecular complexity index is 327. The van der Waals surface area contributed by atoms with Crippen molar-refractivity contribution in [1.82, 2.24) is 10.6 Å². The summed E-state index contributed by atoms with van der Waals surface area (Å²) < 4.78 is 0.226. The molecule has 2 N–H and O–H groups in total. The molecule has 2 rings (SSSR count). The van der Waals surface area contributed by atoms with Crippen LogP contribution in [0.4, 0.5) is 0 Å². The van der Waals surface area contributed by atoms with Crippen molar-refractivity contribution < 1.29 is 9.59 Å². The van der Waals surface area contributed by atoms with Crippen LogP contribution in [0, 0.1) is 5.92 Å². The Morgan fingerprint density at radius 1 is 1.44 bits per heavy atom. The number of hydrogen-bond acceptors (Lipinski definition) is 3. The van der Waals surface area contributed by atoms with Gasteiger partial charge in [0.05, 0.1) is 5.92 Å². The average Bonchev–Trinajstić information content (AvgIpc) is 2.84. The minimum Gasteiger partial charge on any atom is -0.355 e. The van der Waals surface area contributed by atoms with E-state index in [1.807, 2.05) is 11.8 Å². The molecule has 0 aromatic carbocycles. The molecule has 1 aliphatic carbocycles. The summed E-state index contributed by atoms with van der Waals surface area (Å²) in [6.07, 6.45) is 8.71. The molecule has 2 fully saturated rings. The molecule has 4 nitrogen and oxygen atoms in total. The van der Waals surface area contributed by atoms with E-state index in [1.54, 1.807) is 0 Å². The van der Waals surface area contributed by atoms with Crippen molar-refractivity contribution in [1.29, 1.82) is 0 Å². The van der Waals surface area contributed by atoms with E-state index in [-0.39, 0.29) is 22.5 Å². The van der Waals surface area contributed by atoms with E-state index in [0.717, 1.165) is 6.54 Å². The highest BCUT2D eigenvalue weighted by atomic mass is 32.2. The summed E-state index contributed by atoms with van der Waals surface area (Å²) in [6, 6.07) is 0. The molecule has 1 atom stereocenters. The first-order chi connectivity index (χ1) is 8.65. The van der Waals surface area contributed by atoms with Crippen molar-refractivity contribution in [3.63, 3.8) is 0 Å². The predicted octanol–water partition coefficient (Wildman–Crippen LogP) is 1.30. The van der Waals surface area contributed by atoms with E-state index in [2.05, 4.69) is 16.9 Å². The van der Waals surface area contributed by atoms with Crippen LogP contribution in [0.15, 0.2) is 0 Å². The van der Waals surface area contributed by atoms with Gasteiger partial charge >= 0.3 is 0 Å². The lowest BCUT2D eigenvalue weighted by atomic mass is 9.88. The van der Waals surface area contributed by atoms with Crippen LogP contribution in [0.5, 0.6) is 0 Å². The maximum atomic E-state index is 12.0. The molecule has 5 heteroatoms. The zero-order valence-electron chi connectivity index (χ0n) is 11.0. The van der Waals surface area contributed by atoms with Gasteiger partial charge in [-0.1, -0.05) is 19.3 Å². The Kier molecular flexibility index (Phi) is 4.54. The number of amides is 2. The molecule has 0 aromatic rings. The van der Waals surface area contributed by atoms with Gasteiger partial charge in [0.25, 0.3) is 0 Å². The van der Waals surface area contributed by atoms with Gasteiger partial charge in [-0.05, 0) is 19.1 Å². The fraction of sp³-hybridized carbons (Fsp3) is 0.846. The zero-order chi connectivity index (χ0) is 13.0. The van der Waals surface area contributed by atoms with Crippen molar-refractivity contribution in [3.05, 3.63) is 0 Å². The number of carbonyl (C=O) groups excluding carboxylic acids is 2. The van der Waals surface area contributed by atoms with Crippen LogP contribution in [0.3, 0.4) is 0 Å². The molecule has 2 amide bonds. The monoisotopic (exact) mass is 270 g/mol. The Hall–Kier alpha value is -0.710. The minimum absolute atomic E-state index is 0.00704. The quantitative estimate of drug-likeness (QED) is 0.809. The minimum atomic E-state index is -0.167. The summed E-state index contributed by atoms with van der Waals surface area (Å²) in [5.41, 5.74) is 0. The Labute approximate surface area is 113 Å². The maximum absolute atomic E-state index is 12.0. The molecule has 0 aromatic heterocycles. The molecule has 1 heterocycles. The van der Waals surface area contributed by atoms with E-state index in [1.165, 1.54) is 32.1 Å². The smallest absolute Gasteiger partial charge is 0.225 e. The van der Waals surface area contributed by atoms with Crippen molar-refractivity contribution in [2.24, 2.45) is 5.92 Å². The number of nitrogens with one attached hydrogen (secondary N) is 2. The first-order valence-electron chi connectivity index (χ1n) is 6.75. The third-order valence-corrected chi connectivity index (χ3v) is 5.55. The number of thioether (sulfide) groups is 1. The summed E-state index contributed by atoms with van der Waals surface area (Å²) >= 11 is 1.88. The average molecular weight is 270 g/mol. The lowest BCUT2D eigenvalue weighted by Gasteiger charge is -2.36. The summed E-state index contributed by atoms with van der Waals surface area (Å²) in [5, 5.41) is 5.76. The Balaban J connectivity index is 1.82. The summed E-state index contributed by atoms with van der Waals surface area (Å²) in [5.74, 6) is -0.139. The fourth-order valence-electron chi connectivity index (χ4n) is 2.83. The van der Waals surface area contributed by atoms with Crippen LogP contribution in [-0.2, 0) is 9.59 Å². The van der Waals surface area contributed by atoms with Gasteiger partial charge in [0, 0.05) is 24.3 Å². The van der Waals surface area contributed by atoms with E-state index in [9.17, 15) is 9.59 Å². The third kappa shape index (κ3) is 3.19. The van der Waals surface area contributed by atoms with Crippen LogP contribution in [0.25, 0.3) is 0 Å². The second-order valence-corrected chi connectivity index (χ2v) is 6.64.